The molecule has 0 aliphatic carbocycles. The molecule has 2 nitrogen and oxygen atoms in total. The van der Waals surface area contributed by atoms with Crippen LogP contribution in [-0.2, 0) is 13.1 Å². The van der Waals surface area contributed by atoms with Gasteiger partial charge in [-0.3, -0.25) is 0 Å². The van der Waals surface area contributed by atoms with Gasteiger partial charge in [-0.25, -0.2) is 0 Å². The van der Waals surface area contributed by atoms with Gasteiger partial charge in [-0.15, -0.1) is 0 Å². The van der Waals surface area contributed by atoms with Gasteiger partial charge in [0.15, 0.2) is 0 Å². The second-order valence-corrected chi connectivity index (χ2v) is 3.77. The van der Waals surface area contributed by atoms with Gasteiger partial charge in [-0.2, -0.15) is 0 Å². The highest BCUT2D eigenvalue weighted by Gasteiger charge is 1.96. The van der Waals surface area contributed by atoms with E-state index >= 15 is 0 Å². The Morgan fingerprint density at radius 3 is 1.44 bits per heavy atom. The van der Waals surface area contributed by atoms with Crippen molar-refractivity contribution in [1.29, 1.82) is 0 Å². The van der Waals surface area contributed by atoms with E-state index in [2.05, 4.69) is 0 Å². The molecule has 2 rings (SSSR count). The summed E-state index contributed by atoms with van der Waals surface area (Å²) in [6, 6.07) is 19.6. The van der Waals surface area contributed by atoms with Gasteiger partial charge in [0.05, 0.1) is 0 Å². The van der Waals surface area contributed by atoms with E-state index in [1.165, 1.54) is 0 Å². The van der Waals surface area contributed by atoms with Crippen LogP contribution in [-0.4, -0.2) is 5.06 Å². The monoisotopic (exact) mass is 212 g/mol. The quantitative estimate of drug-likeness (QED) is 0.727. The third kappa shape index (κ3) is 3.19. The molecular weight excluding hydrogens is 198 g/mol. The Balaban J connectivity index is 1.92. The van der Waals surface area contributed by atoms with Crippen LogP contribution >= 0.6 is 0 Å². The van der Waals surface area contributed by atoms with Crippen molar-refractivity contribution < 1.29 is 0 Å². The van der Waals surface area contributed by atoms with E-state index in [1.54, 1.807) is 0 Å². The first kappa shape index (κ1) is 10.9. The van der Waals surface area contributed by atoms with Crippen LogP contribution in [0.15, 0.2) is 60.7 Å². The molecule has 0 saturated carbocycles. The maximum Gasteiger partial charge on any atom is 0.0116 e. The van der Waals surface area contributed by atoms with E-state index in [4.69, 9.17) is 0 Å². The Morgan fingerprint density at radius 2 is 1.06 bits per heavy atom. The summed E-state index contributed by atoms with van der Waals surface area (Å²) in [5, 5.41) is 12.8. The van der Waals surface area contributed by atoms with Crippen LogP contribution in [0.3, 0.4) is 0 Å². The van der Waals surface area contributed by atoms with Crippen molar-refractivity contribution in [3.63, 3.8) is 0 Å². The zero-order chi connectivity index (χ0) is 11.2. The maximum atomic E-state index is 11.7. The SMILES string of the molecule is [O-]N(Cc1ccccc1)Cc1ccccc1. The van der Waals surface area contributed by atoms with Crippen molar-refractivity contribution >= 4 is 0 Å². The van der Waals surface area contributed by atoms with Gasteiger partial charge in [0, 0.05) is 13.1 Å². The minimum absolute atomic E-state index is 0.440. The Kier molecular flexibility index (Phi) is 3.70. The van der Waals surface area contributed by atoms with Crippen LogP contribution in [0, 0.1) is 5.21 Å². The third-order valence-electron chi connectivity index (χ3n) is 2.40. The summed E-state index contributed by atoms with van der Waals surface area (Å²) in [6.45, 7) is 0.880. The van der Waals surface area contributed by atoms with E-state index in [0.717, 1.165) is 16.2 Å². The van der Waals surface area contributed by atoms with Crippen molar-refractivity contribution in [2.45, 2.75) is 13.1 Å². The largest absolute Gasteiger partial charge is 0.785 e. The summed E-state index contributed by atoms with van der Waals surface area (Å²) in [7, 11) is 0. The highest BCUT2D eigenvalue weighted by atomic mass is 16.5. The van der Waals surface area contributed by atoms with Crippen LogP contribution < -0.4 is 0 Å². The highest BCUT2D eigenvalue weighted by Crippen LogP contribution is 2.08. The van der Waals surface area contributed by atoms with Crippen LogP contribution in [0.2, 0.25) is 0 Å². The fourth-order valence-electron chi connectivity index (χ4n) is 1.63. The van der Waals surface area contributed by atoms with Crippen molar-refractivity contribution in [3.8, 4) is 0 Å². The molecule has 0 bridgehead atoms. The number of hydrogen-bond acceptors (Lipinski definition) is 2. The molecule has 0 N–H and O–H groups in total. The van der Waals surface area contributed by atoms with Crippen molar-refractivity contribution in [2.75, 3.05) is 0 Å². The molecule has 0 saturated heterocycles. The predicted molar refractivity (Wildman–Crippen MR) is 65.5 cm³/mol. The lowest BCUT2D eigenvalue weighted by Crippen LogP contribution is -2.14. The number of hydroxylamine groups is 2. The van der Waals surface area contributed by atoms with Crippen LogP contribution in [0.25, 0.3) is 0 Å². The number of benzene rings is 2. The molecule has 16 heavy (non-hydrogen) atoms. The van der Waals surface area contributed by atoms with Gasteiger partial charge in [0.25, 0.3) is 0 Å². The molecular formula is C14H14NO-. The van der Waals surface area contributed by atoms with E-state index < -0.39 is 0 Å². The molecule has 0 aliphatic rings. The van der Waals surface area contributed by atoms with E-state index in [0.29, 0.717) is 13.1 Å². The lowest BCUT2D eigenvalue weighted by molar-refractivity contribution is 0.364. The number of nitrogens with zero attached hydrogens (tertiary/aromatic N) is 1. The zero-order valence-corrected chi connectivity index (χ0v) is 9.04. The van der Waals surface area contributed by atoms with Gasteiger partial charge in [-0.05, 0) is 11.1 Å². The first-order valence-corrected chi connectivity index (χ1v) is 5.34. The summed E-state index contributed by atoms with van der Waals surface area (Å²) in [5.41, 5.74) is 2.10. The Labute approximate surface area is 95.7 Å². The van der Waals surface area contributed by atoms with Gasteiger partial charge in [0.2, 0.25) is 0 Å². The molecule has 0 fully saturated rings. The normalized spacial score (nSPS) is 10.6. The third-order valence-corrected chi connectivity index (χ3v) is 2.40. The maximum absolute atomic E-state index is 11.7. The number of rotatable bonds is 4. The van der Waals surface area contributed by atoms with Crippen molar-refractivity contribution in [2.24, 2.45) is 0 Å². The summed E-state index contributed by atoms with van der Waals surface area (Å²) >= 11 is 0. The van der Waals surface area contributed by atoms with Gasteiger partial charge in [-0.1, -0.05) is 60.7 Å². The molecule has 0 spiro atoms. The molecule has 2 aromatic carbocycles. The molecule has 0 atom stereocenters. The second kappa shape index (κ2) is 5.45. The summed E-state index contributed by atoms with van der Waals surface area (Å²) < 4.78 is 0. The standard InChI is InChI=1S/C14H14NO/c16-15(11-13-7-3-1-4-8-13)12-14-9-5-2-6-10-14/h1-10H,11-12H2/q-1. The minimum Gasteiger partial charge on any atom is -0.785 e. The highest BCUT2D eigenvalue weighted by molar-refractivity contribution is 5.17. The minimum atomic E-state index is 0.440. The van der Waals surface area contributed by atoms with E-state index in [1.807, 2.05) is 60.7 Å². The Hall–Kier alpha value is -1.64. The zero-order valence-electron chi connectivity index (χ0n) is 9.04. The Bertz CT molecular complexity index is 372. The lowest BCUT2D eigenvalue weighted by Gasteiger charge is -2.28. The fraction of sp³-hybridized carbons (Fsp3) is 0.143. The van der Waals surface area contributed by atoms with Crippen LogP contribution in [0.1, 0.15) is 11.1 Å². The molecule has 0 aromatic heterocycles. The second-order valence-electron chi connectivity index (χ2n) is 3.77. The molecule has 2 heteroatoms. The molecule has 0 heterocycles. The molecule has 0 amide bonds. The fourth-order valence-corrected chi connectivity index (χ4v) is 1.63. The van der Waals surface area contributed by atoms with E-state index in [9.17, 15) is 5.21 Å². The van der Waals surface area contributed by atoms with Gasteiger partial charge < -0.3 is 10.3 Å². The average Bonchev–Trinajstić information content (AvgIpc) is 2.31. The Morgan fingerprint density at radius 1 is 0.688 bits per heavy atom. The smallest absolute Gasteiger partial charge is 0.0116 e. The van der Waals surface area contributed by atoms with Crippen molar-refractivity contribution in [1.82, 2.24) is 5.06 Å². The molecule has 0 aliphatic heterocycles. The summed E-state index contributed by atoms with van der Waals surface area (Å²) in [6.07, 6.45) is 0. The molecule has 0 unspecified atom stereocenters. The van der Waals surface area contributed by atoms with Crippen molar-refractivity contribution in [3.05, 3.63) is 77.0 Å². The lowest BCUT2D eigenvalue weighted by atomic mass is 10.2. The van der Waals surface area contributed by atoms with E-state index in [-0.39, 0.29) is 0 Å². The molecule has 0 radical (unpaired) electrons. The molecule has 2 aromatic rings. The van der Waals surface area contributed by atoms with Crippen LogP contribution in [0.4, 0.5) is 0 Å². The van der Waals surface area contributed by atoms with Gasteiger partial charge in [0.1, 0.15) is 0 Å². The first-order chi connectivity index (χ1) is 7.84. The van der Waals surface area contributed by atoms with Crippen LogP contribution in [0.5, 0.6) is 0 Å². The van der Waals surface area contributed by atoms with Gasteiger partial charge >= 0.3 is 0 Å². The molecule has 82 valence electrons. The first-order valence-electron chi connectivity index (χ1n) is 5.34. The summed E-state index contributed by atoms with van der Waals surface area (Å²) in [4.78, 5) is 0. The predicted octanol–water partition coefficient (Wildman–Crippen LogP) is 3.19. The summed E-state index contributed by atoms with van der Waals surface area (Å²) in [5.74, 6) is 0. The average molecular weight is 212 g/mol. The number of hydrogen-bond donors (Lipinski definition) is 0. The topological polar surface area (TPSA) is 26.3 Å².